The van der Waals surface area contributed by atoms with E-state index in [0.29, 0.717) is 32.4 Å². The minimum absolute atomic E-state index is 0.117. The number of carbonyl (C=O) groups is 2. The molecule has 0 unspecified atom stereocenters. The number of benzene rings is 1. The number of aliphatic hydroxyl groups is 2. The number of rotatable bonds is 11. The number of halogens is 2. The third-order valence-electron chi connectivity index (χ3n) is 8.09. The van der Waals surface area contributed by atoms with Crippen molar-refractivity contribution in [2.45, 2.75) is 75.5 Å². The summed E-state index contributed by atoms with van der Waals surface area (Å²) in [6.45, 7) is 1.25. The molecule has 3 amide bonds. The van der Waals surface area contributed by atoms with E-state index in [1.165, 1.54) is 18.6 Å². The first-order valence-corrected chi connectivity index (χ1v) is 14.1. The van der Waals surface area contributed by atoms with Crippen LogP contribution in [0.4, 0.5) is 14.0 Å². The van der Waals surface area contributed by atoms with E-state index in [4.69, 9.17) is 16.7 Å². The quantitative estimate of drug-likeness (QED) is 0.230. The number of carbonyl (C=O) groups excluding carboxylic acids is 1. The Morgan fingerprint density at radius 3 is 2.63 bits per heavy atom. The number of nitrogens with one attached hydrogen (secondary N) is 3. The number of carboxylic acid groups (broad SMARTS) is 1. The molecule has 9 nitrogen and oxygen atoms in total. The van der Waals surface area contributed by atoms with Gasteiger partial charge in [-0.15, -0.1) is 0 Å². The van der Waals surface area contributed by atoms with Gasteiger partial charge in [0.05, 0.1) is 22.8 Å². The first-order chi connectivity index (χ1) is 18.2. The second kappa shape index (κ2) is 14.3. The van der Waals surface area contributed by atoms with Gasteiger partial charge >= 0.3 is 12.1 Å². The molecule has 38 heavy (non-hydrogen) atoms. The lowest BCUT2D eigenvalue weighted by Crippen LogP contribution is -2.57. The average molecular weight is 557 g/mol. The normalized spacial score (nSPS) is 21.8. The van der Waals surface area contributed by atoms with Crippen LogP contribution in [0.15, 0.2) is 18.2 Å². The molecule has 4 atom stereocenters. The van der Waals surface area contributed by atoms with Crippen molar-refractivity contribution in [2.75, 3.05) is 33.2 Å². The first kappa shape index (κ1) is 30.4. The van der Waals surface area contributed by atoms with Gasteiger partial charge in [0, 0.05) is 37.7 Å². The van der Waals surface area contributed by atoms with Gasteiger partial charge in [0.15, 0.2) is 0 Å². The molecule has 1 saturated carbocycles. The Balaban J connectivity index is 1.75. The second-order valence-corrected chi connectivity index (χ2v) is 11.0. The number of nitrogens with zero attached hydrogens (tertiary/aromatic N) is 1. The second-order valence-electron chi connectivity index (χ2n) is 10.6. The predicted octanol–water partition coefficient (Wildman–Crippen LogP) is 3.67. The van der Waals surface area contributed by atoms with Crippen LogP contribution < -0.4 is 16.0 Å². The van der Waals surface area contributed by atoms with Crippen LogP contribution in [0.1, 0.15) is 63.4 Å². The highest BCUT2D eigenvalue weighted by Crippen LogP contribution is 2.42. The zero-order chi connectivity index (χ0) is 27.7. The fourth-order valence-corrected chi connectivity index (χ4v) is 6.32. The number of aliphatic hydroxyl groups excluding tert-OH is 1. The molecule has 0 bridgehead atoms. The lowest BCUT2D eigenvalue weighted by Gasteiger charge is -2.43. The van der Waals surface area contributed by atoms with Gasteiger partial charge in [-0.25, -0.2) is 14.0 Å². The molecular weight excluding hydrogens is 515 g/mol. The molecule has 1 heterocycles. The molecule has 2 fully saturated rings. The van der Waals surface area contributed by atoms with Crippen LogP contribution in [0.2, 0.25) is 5.02 Å². The monoisotopic (exact) mass is 556 g/mol. The Hall–Kier alpha value is -2.14. The molecule has 1 aliphatic heterocycles. The molecule has 1 aromatic carbocycles. The first-order valence-electron chi connectivity index (χ1n) is 13.7. The van der Waals surface area contributed by atoms with Crippen molar-refractivity contribution in [1.82, 2.24) is 20.9 Å². The van der Waals surface area contributed by atoms with Gasteiger partial charge in [-0.3, -0.25) is 0 Å². The number of urea groups is 1. The maximum atomic E-state index is 14.4. The van der Waals surface area contributed by atoms with Gasteiger partial charge in [0.2, 0.25) is 0 Å². The number of likely N-dealkylation sites (N-methyl/N-ethyl adjacent to an activating group) is 1. The third-order valence-corrected chi connectivity index (χ3v) is 8.48. The molecule has 11 heteroatoms. The number of amides is 3. The van der Waals surface area contributed by atoms with Gasteiger partial charge in [-0.1, -0.05) is 43.0 Å². The summed E-state index contributed by atoms with van der Waals surface area (Å²) in [6.07, 6.45) is 5.07. The summed E-state index contributed by atoms with van der Waals surface area (Å²) in [4.78, 5) is 25.9. The Kier molecular flexibility index (Phi) is 11.4. The van der Waals surface area contributed by atoms with E-state index in [0.717, 1.165) is 25.7 Å². The van der Waals surface area contributed by atoms with Gasteiger partial charge in [-0.2, -0.15) is 0 Å². The maximum absolute atomic E-state index is 14.4. The maximum Gasteiger partial charge on any atom is 0.404 e. The summed E-state index contributed by atoms with van der Waals surface area (Å²) in [5.41, 5.74) is -1.33. The van der Waals surface area contributed by atoms with Crippen LogP contribution in [-0.2, 0) is 5.60 Å². The topological polar surface area (TPSA) is 134 Å². The highest BCUT2D eigenvalue weighted by Gasteiger charge is 2.43. The molecule has 1 aromatic rings. The minimum Gasteiger partial charge on any atom is -0.465 e. The molecule has 3 rings (SSSR count). The standard InChI is InChI=1S/C27H42ClFN4O5/c1-30-16-22(24(34)18-8-3-2-4-9-18)32-25(35)33-15-6-10-19(17-33)27(38,13-7-14-31-26(36)37)20-11-5-12-21(29)23(20)28/h5,11-12,18-19,22,24,30-31,34,38H,2-4,6-10,13-17H2,1H3,(H,32,35)(H,36,37)/t19-,22-,24+,27+/m1/s1. The van der Waals surface area contributed by atoms with Crippen molar-refractivity contribution in [3.63, 3.8) is 0 Å². The molecule has 2 aliphatic rings. The number of hydrogen-bond donors (Lipinski definition) is 6. The molecule has 1 saturated heterocycles. The van der Waals surface area contributed by atoms with Crippen LogP contribution in [0, 0.1) is 17.7 Å². The van der Waals surface area contributed by atoms with E-state index in [-0.39, 0.29) is 42.0 Å². The molecule has 0 aromatic heterocycles. The predicted molar refractivity (Wildman–Crippen MR) is 144 cm³/mol. The van der Waals surface area contributed by atoms with Crippen LogP contribution in [0.25, 0.3) is 0 Å². The van der Waals surface area contributed by atoms with Gasteiger partial charge < -0.3 is 36.2 Å². The molecule has 1 aliphatic carbocycles. The summed E-state index contributed by atoms with van der Waals surface area (Å²) in [7, 11) is 1.78. The summed E-state index contributed by atoms with van der Waals surface area (Å²) >= 11 is 6.30. The molecule has 0 radical (unpaired) electrons. The van der Waals surface area contributed by atoms with E-state index in [9.17, 15) is 24.2 Å². The fraction of sp³-hybridized carbons (Fsp3) is 0.704. The smallest absolute Gasteiger partial charge is 0.404 e. The number of hydrogen-bond acceptors (Lipinski definition) is 5. The lowest BCUT2D eigenvalue weighted by atomic mass is 9.74. The average Bonchev–Trinajstić information content (AvgIpc) is 2.92. The third kappa shape index (κ3) is 7.71. The summed E-state index contributed by atoms with van der Waals surface area (Å²) in [6, 6.07) is 3.52. The minimum atomic E-state index is -1.57. The van der Waals surface area contributed by atoms with E-state index in [1.54, 1.807) is 18.0 Å². The van der Waals surface area contributed by atoms with Crippen molar-refractivity contribution in [3.05, 3.63) is 34.6 Å². The van der Waals surface area contributed by atoms with Crippen molar-refractivity contribution in [3.8, 4) is 0 Å². The largest absolute Gasteiger partial charge is 0.465 e. The molecule has 0 spiro atoms. The van der Waals surface area contributed by atoms with Crippen LogP contribution in [-0.4, -0.2) is 77.7 Å². The summed E-state index contributed by atoms with van der Waals surface area (Å²) in [5, 5.41) is 40.1. The summed E-state index contributed by atoms with van der Waals surface area (Å²) in [5.74, 6) is -0.948. The Morgan fingerprint density at radius 2 is 1.95 bits per heavy atom. The SMILES string of the molecule is CNC[C@@H](NC(=O)N1CCC[C@@H]([C@@](O)(CCCNC(=O)O)c2cccc(F)c2Cl)C1)[C@@H](O)C1CCCCC1. The summed E-state index contributed by atoms with van der Waals surface area (Å²) < 4.78 is 14.4. The molecule has 214 valence electrons. The highest BCUT2D eigenvalue weighted by molar-refractivity contribution is 6.31. The van der Waals surface area contributed by atoms with Gasteiger partial charge in [-0.05, 0) is 57.6 Å². The van der Waals surface area contributed by atoms with Crippen LogP contribution >= 0.6 is 11.6 Å². The van der Waals surface area contributed by atoms with Gasteiger partial charge in [0.1, 0.15) is 5.82 Å². The van der Waals surface area contributed by atoms with Crippen molar-refractivity contribution in [2.24, 2.45) is 11.8 Å². The van der Waals surface area contributed by atoms with E-state index in [2.05, 4.69) is 16.0 Å². The van der Waals surface area contributed by atoms with E-state index >= 15 is 0 Å². The Bertz CT molecular complexity index is 935. The number of piperidine rings is 1. The van der Waals surface area contributed by atoms with Gasteiger partial charge in [0.25, 0.3) is 0 Å². The van der Waals surface area contributed by atoms with E-state index in [1.807, 2.05) is 0 Å². The zero-order valence-electron chi connectivity index (χ0n) is 22.1. The van der Waals surface area contributed by atoms with Crippen LogP contribution in [0.3, 0.4) is 0 Å². The van der Waals surface area contributed by atoms with Crippen molar-refractivity contribution < 1.29 is 29.3 Å². The number of likely N-dealkylation sites (tertiary alicyclic amines) is 1. The lowest BCUT2D eigenvalue weighted by molar-refractivity contribution is -0.0556. The highest BCUT2D eigenvalue weighted by atomic mass is 35.5. The Morgan fingerprint density at radius 1 is 1.21 bits per heavy atom. The fourth-order valence-electron chi connectivity index (χ4n) is 6.03. The molecular formula is C27H42ClFN4O5. The van der Waals surface area contributed by atoms with Crippen molar-refractivity contribution >= 4 is 23.7 Å². The van der Waals surface area contributed by atoms with E-state index < -0.39 is 35.6 Å². The van der Waals surface area contributed by atoms with Crippen molar-refractivity contribution in [1.29, 1.82) is 0 Å². The zero-order valence-corrected chi connectivity index (χ0v) is 22.9. The molecule has 6 N–H and O–H groups in total. The van der Waals surface area contributed by atoms with Crippen LogP contribution in [0.5, 0.6) is 0 Å². The Labute approximate surface area is 229 Å².